The van der Waals surface area contributed by atoms with E-state index in [2.05, 4.69) is 15.3 Å². The van der Waals surface area contributed by atoms with Crippen molar-refractivity contribution in [2.75, 3.05) is 18.2 Å². The Bertz CT molecular complexity index is 1420. The molecular formula is C23H17F2N5O4. The summed E-state index contributed by atoms with van der Waals surface area (Å²) in [6.45, 7) is 0. The van der Waals surface area contributed by atoms with Gasteiger partial charge in [0.05, 0.1) is 12.8 Å². The van der Waals surface area contributed by atoms with Crippen molar-refractivity contribution >= 4 is 17.4 Å². The zero-order chi connectivity index (χ0) is 24.2. The SMILES string of the molecule is COc1c(N)ncnc1Oc1ccc(NC(=O)c2cccn(-c3ccc(F)cc3)c2=O)c(F)c1. The van der Waals surface area contributed by atoms with Gasteiger partial charge in [-0.3, -0.25) is 14.2 Å². The van der Waals surface area contributed by atoms with Crippen LogP contribution in [0, 0.1) is 11.6 Å². The van der Waals surface area contributed by atoms with E-state index >= 15 is 0 Å². The number of benzene rings is 2. The van der Waals surface area contributed by atoms with Crippen molar-refractivity contribution in [2.45, 2.75) is 0 Å². The van der Waals surface area contributed by atoms with Gasteiger partial charge < -0.3 is 20.5 Å². The molecule has 2 aromatic carbocycles. The quantitative estimate of drug-likeness (QED) is 0.447. The standard InChI is InChI=1S/C23H17F2N5O4/c1-33-19-20(26)27-12-28-22(19)34-15-8-9-18(17(25)11-15)29-21(31)16-3-2-10-30(23(16)32)14-6-4-13(24)5-7-14/h2-12H,1H3,(H,29,31)(H2,26,27,28). The first-order valence-corrected chi connectivity index (χ1v) is 9.78. The van der Waals surface area contributed by atoms with Gasteiger partial charge in [0, 0.05) is 18.0 Å². The third-order valence-electron chi connectivity index (χ3n) is 4.70. The number of hydrogen-bond donors (Lipinski definition) is 2. The zero-order valence-corrected chi connectivity index (χ0v) is 17.7. The molecule has 0 aliphatic carbocycles. The Hall–Kier alpha value is -4.80. The molecule has 0 aliphatic heterocycles. The van der Waals surface area contributed by atoms with Crippen molar-refractivity contribution in [3.8, 4) is 23.1 Å². The molecule has 0 aliphatic rings. The average molecular weight is 465 g/mol. The van der Waals surface area contributed by atoms with E-state index in [0.717, 1.165) is 12.4 Å². The lowest BCUT2D eigenvalue weighted by Gasteiger charge is -2.12. The van der Waals surface area contributed by atoms with E-state index in [4.69, 9.17) is 15.2 Å². The number of halogens is 2. The Balaban J connectivity index is 1.55. The number of hydrogen-bond acceptors (Lipinski definition) is 7. The number of nitrogens with one attached hydrogen (secondary N) is 1. The maximum atomic E-state index is 14.7. The molecule has 1 amide bonds. The van der Waals surface area contributed by atoms with Gasteiger partial charge in [0.2, 0.25) is 5.75 Å². The average Bonchev–Trinajstić information content (AvgIpc) is 2.82. The predicted octanol–water partition coefficient (Wildman–Crippen LogP) is 3.54. The van der Waals surface area contributed by atoms with Crippen molar-refractivity contribution < 1.29 is 23.0 Å². The lowest BCUT2D eigenvalue weighted by molar-refractivity contribution is 0.102. The number of amides is 1. The van der Waals surface area contributed by atoms with Gasteiger partial charge in [-0.05, 0) is 48.5 Å². The van der Waals surface area contributed by atoms with Crippen LogP contribution in [0.2, 0.25) is 0 Å². The van der Waals surface area contributed by atoms with Crippen LogP contribution in [0.5, 0.6) is 17.4 Å². The summed E-state index contributed by atoms with van der Waals surface area (Å²) in [5.41, 5.74) is 5.01. The largest absolute Gasteiger partial charge is 0.489 e. The van der Waals surface area contributed by atoms with Crippen molar-refractivity contribution in [2.24, 2.45) is 0 Å². The number of nitrogens with two attached hydrogens (primary N) is 1. The summed E-state index contributed by atoms with van der Waals surface area (Å²) in [6.07, 6.45) is 2.60. The molecule has 0 saturated heterocycles. The summed E-state index contributed by atoms with van der Waals surface area (Å²) < 4.78 is 39.6. The van der Waals surface area contributed by atoms with Crippen LogP contribution in [0.4, 0.5) is 20.3 Å². The highest BCUT2D eigenvalue weighted by atomic mass is 19.1. The third-order valence-corrected chi connectivity index (χ3v) is 4.70. The summed E-state index contributed by atoms with van der Waals surface area (Å²) in [4.78, 5) is 33.2. The Kier molecular flexibility index (Phi) is 6.17. The number of carbonyl (C=O) groups excluding carboxylic acids is 1. The number of ether oxygens (including phenoxy) is 2. The van der Waals surface area contributed by atoms with Crippen molar-refractivity contribution in [3.63, 3.8) is 0 Å². The van der Waals surface area contributed by atoms with Gasteiger partial charge in [0.1, 0.15) is 29.3 Å². The van der Waals surface area contributed by atoms with Crippen LogP contribution >= 0.6 is 0 Å². The van der Waals surface area contributed by atoms with Gasteiger partial charge in [0.25, 0.3) is 17.3 Å². The number of anilines is 2. The lowest BCUT2D eigenvalue weighted by atomic mass is 10.2. The molecule has 172 valence electrons. The monoisotopic (exact) mass is 465 g/mol. The van der Waals surface area contributed by atoms with Crippen LogP contribution in [-0.2, 0) is 0 Å². The van der Waals surface area contributed by atoms with Crippen LogP contribution in [0.1, 0.15) is 10.4 Å². The molecule has 0 saturated carbocycles. The second-order valence-electron chi connectivity index (χ2n) is 6.87. The minimum atomic E-state index is -0.820. The maximum Gasteiger partial charge on any atom is 0.268 e. The van der Waals surface area contributed by atoms with E-state index in [0.29, 0.717) is 5.69 Å². The van der Waals surface area contributed by atoms with E-state index in [1.807, 2.05) is 0 Å². The second-order valence-corrected chi connectivity index (χ2v) is 6.87. The summed E-state index contributed by atoms with van der Waals surface area (Å²) in [7, 11) is 1.36. The van der Waals surface area contributed by atoms with Crippen LogP contribution in [0.3, 0.4) is 0 Å². The van der Waals surface area contributed by atoms with Gasteiger partial charge >= 0.3 is 0 Å². The van der Waals surface area contributed by atoms with Crippen LogP contribution < -0.4 is 26.1 Å². The van der Waals surface area contributed by atoms with Crippen molar-refractivity contribution in [1.82, 2.24) is 14.5 Å². The Morgan fingerprint density at radius 2 is 1.85 bits per heavy atom. The molecule has 9 nitrogen and oxygen atoms in total. The normalized spacial score (nSPS) is 10.6. The number of rotatable bonds is 6. The zero-order valence-electron chi connectivity index (χ0n) is 17.7. The highest BCUT2D eigenvalue weighted by molar-refractivity contribution is 6.04. The van der Waals surface area contributed by atoms with Crippen molar-refractivity contribution in [3.05, 3.63) is 94.7 Å². The Morgan fingerprint density at radius 3 is 2.56 bits per heavy atom. The smallest absolute Gasteiger partial charge is 0.268 e. The van der Waals surface area contributed by atoms with Gasteiger partial charge in [-0.1, -0.05) is 0 Å². The lowest BCUT2D eigenvalue weighted by Crippen LogP contribution is -2.28. The number of aromatic nitrogens is 3. The van der Waals surface area contributed by atoms with E-state index in [1.165, 1.54) is 66.4 Å². The number of nitrogens with zero attached hydrogens (tertiary/aromatic N) is 3. The molecule has 2 aromatic heterocycles. The Labute approximate surface area is 191 Å². The summed E-state index contributed by atoms with van der Waals surface area (Å²) in [5, 5.41) is 2.36. The van der Waals surface area contributed by atoms with Gasteiger partial charge in [-0.15, -0.1) is 0 Å². The molecule has 0 radical (unpaired) electrons. The fourth-order valence-corrected chi connectivity index (χ4v) is 3.07. The Morgan fingerprint density at radius 1 is 1.09 bits per heavy atom. The van der Waals surface area contributed by atoms with E-state index in [9.17, 15) is 18.4 Å². The molecule has 4 aromatic rings. The maximum absolute atomic E-state index is 14.7. The first-order valence-electron chi connectivity index (χ1n) is 9.78. The molecule has 3 N–H and O–H groups in total. The second kappa shape index (κ2) is 9.36. The highest BCUT2D eigenvalue weighted by Crippen LogP contribution is 2.33. The summed E-state index contributed by atoms with van der Waals surface area (Å²) in [6, 6.07) is 11.6. The fraction of sp³-hybridized carbons (Fsp3) is 0.0435. The molecule has 0 unspecified atom stereocenters. The van der Waals surface area contributed by atoms with Gasteiger partial charge in [-0.25, -0.2) is 13.8 Å². The molecule has 2 heterocycles. The van der Waals surface area contributed by atoms with E-state index in [1.54, 1.807) is 0 Å². The van der Waals surface area contributed by atoms with Crippen LogP contribution in [-0.4, -0.2) is 27.6 Å². The number of methoxy groups -OCH3 is 1. The van der Waals surface area contributed by atoms with Crippen LogP contribution in [0.25, 0.3) is 5.69 Å². The topological polar surface area (TPSA) is 121 Å². The number of nitrogen functional groups attached to an aromatic ring is 1. The van der Waals surface area contributed by atoms with Gasteiger partial charge in [0.15, 0.2) is 5.82 Å². The van der Waals surface area contributed by atoms with Crippen molar-refractivity contribution in [1.29, 1.82) is 0 Å². The third kappa shape index (κ3) is 4.53. The van der Waals surface area contributed by atoms with Gasteiger partial charge in [-0.2, -0.15) is 4.98 Å². The molecular weight excluding hydrogens is 448 g/mol. The molecule has 0 fully saturated rings. The first-order chi connectivity index (χ1) is 16.4. The molecule has 4 rings (SSSR count). The summed E-state index contributed by atoms with van der Waals surface area (Å²) >= 11 is 0. The molecule has 34 heavy (non-hydrogen) atoms. The summed E-state index contributed by atoms with van der Waals surface area (Å²) in [5.74, 6) is -1.92. The first kappa shape index (κ1) is 22.4. The van der Waals surface area contributed by atoms with E-state index in [-0.39, 0.29) is 34.4 Å². The minimum absolute atomic E-state index is 0.0168. The molecule has 0 atom stereocenters. The number of pyridine rings is 1. The molecule has 0 bridgehead atoms. The van der Waals surface area contributed by atoms with E-state index < -0.39 is 23.1 Å². The predicted molar refractivity (Wildman–Crippen MR) is 119 cm³/mol. The molecule has 11 heteroatoms. The number of carbonyl (C=O) groups is 1. The fourth-order valence-electron chi connectivity index (χ4n) is 3.07. The van der Waals surface area contributed by atoms with Crippen LogP contribution in [0.15, 0.2) is 71.9 Å². The highest BCUT2D eigenvalue weighted by Gasteiger charge is 2.17. The molecule has 0 spiro atoms. The minimum Gasteiger partial charge on any atom is -0.489 e.